The molecule has 0 spiro atoms. The molecule has 0 aromatic heterocycles. The Morgan fingerprint density at radius 1 is 1.16 bits per heavy atom. The van der Waals surface area contributed by atoms with Crippen LogP contribution in [0.4, 0.5) is 0 Å². The van der Waals surface area contributed by atoms with Crippen LogP contribution in [0.15, 0.2) is 24.3 Å². The molecule has 3 heteroatoms. The lowest BCUT2D eigenvalue weighted by Crippen LogP contribution is -2.35. The fourth-order valence-corrected chi connectivity index (χ4v) is 2.13. The normalized spacial score (nSPS) is 13.0. The van der Waals surface area contributed by atoms with E-state index in [-0.39, 0.29) is 0 Å². The zero-order chi connectivity index (χ0) is 14.3. The van der Waals surface area contributed by atoms with Crippen molar-refractivity contribution in [3.63, 3.8) is 0 Å². The van der Waals surface area contributed by atoms with Crippen molar-refractivity contribution >= 4 is 0 Å². The molecule has 0 heterocycles. The molecule has 0 saturated heterocycles. The van der Waals surface area contributed by atoms with Crippen LogP contribution < -0.4 is 4.74 Å². The minimum absolute atomic E-state index is 0.440. The fraction of sp³-hybridized carbons (Fsp3) is 0.625. The number of benzene rings is 1. The summed E-state index contributed by atoms with van der Waals surface area (Å²) in [6.45, 7) is 10.8. The van der Waals surface area contributed by atoms with Crippen LogP contribution in [0.1, 0.15) is 45.8 Å². The second-order valence-electron chi connectivity index (χ2n) is 5.11. The van der Waals surface area contributed by atoms with Crippen molar-refractivity contribution in [3.8, 4) is 5.75 Å². The number of rotatable bonds is 8. The first kappa shape index (κ1) is 16.0. The molecule has 0 aliphatic heterocycles. The fourth-order valence-electron chi connectivity index (χ4n) is 2.13. The van der Waals surface area contributed by atoms with Crippen LogP contribution in [0.3, 0.4) is 0 Å². The molecule has 0 saturated carbocycles. The summed E-state index contributed by atoms with van der Waals surface area (Å²) in [5.74, 6) is 0.854. The number of nitrogens with zero attached hydrogens (tertiary/aromatic N) is 1. The lowest BCUT2D eigenvalue weighted by Gasteiger charge is -2.28. The van der Waals surface area contributed by atoms with E-state index in [1.165, 1.54) is 0 Å². The SMILES string of the molecule is CCCN(CC(O)c1ccc(OCC)cc1)C(C)C. The minimum atomic E-state index is -0.440. The molecule has 0 amide bonds. The Kier molecular flexibility index (Phi) is 6.89. The highest BCUT2D eigenvalue weighted by atomic mass is 16.5. The first-order valence-corrected chi connectivity index (χ1v) is 7.23. The molecule has 3 nitrogen and oxygen atoms in total. The van der Waals surface area contributed by atoms with E-state index in [2.05, 4.69) is 25.7 Å². The summed E-state index contributed by atoms with van der Waals surface area (Å²) < 4.78 is 5.41. The van der Waals surface area contributed by atoms with Crippen LogP contribution in [0.5, 0.6) is 5.75 Å². The Balaban J connectivity index is 2.63. The second kappa shape index (κ2) is 8.18. The van der Waals surface area contributed by atoms with E-state index >= 15 is 0 Å². The van der Waals surface area contributed by atoms with Gasteiger partial charge in [0.2, 0.25) is 0 Å². The van der Waals surface area contributed by atoms with Gasteiger partial charge in [-0.3, -0.25) is 4.90 Å². The third-order valence-corrected chi connectivity index (χ3v) is 3.22. The van der Waals surface area contributed by atoms with Crippen molar-refractivity contribution in [2.45, 2.75) is 46.3 Å². The molecule has 19 heavy (non-hydrogen) atoms. The maximum absolute atomic E-state index is 10.3. The van der Waals surface area contributed by atoms with Crippen LogP contribution in [-0.4, -0.2) is 35.7 Å². The van der Waals surface area contributed by atoms with E-state index in [0.717, 1.165) is 24.3 Å². The van der Waals surface area contributed by atoms with Gasteiger partial charge in [-0.2, -0.15) is 0 Å². The van der Waals surface area contributed by atoms with E-state index in [1.807, 2.05) is 31.2 Å². The Hall–Kier alpha value is -1.06. The standard InChI is InChI=1S/C16H27NO2/c1-5-11-17(13(3)4)12-16(18)14-7-9-15(10-8-14)19-6-2/h7-10,13,16,18H,5-6,11-12H2,1-4H3. The Morgan fingerprint density at radius 3 is 2.26 bits per heavy atom. The number of aliphatic hydroxyl groups excluding tert-OH is 1. The summed E-state index contributed by atoms with van der Waals surface area (Å²) >= 11 is 0. The molecule has 1 aromatic carbocycles. The molecule has 0 aliphatic rings. The van der Waals surface area contributed by atoms with Gasteiger partial charge in [-0.1, -0.05) is 19.1 Å². The van der Waals surface area contributed by atoms with E-state index in [9.17, 15) is 5.11 Å². The monoisotopic (exact) mass is 265 g/mol. The number of hydrogen-bond acceptors (Lipinski definition) is 3. The molecule has 1 N–H and O–H groups in total. The maximum Gasteiger partial charge on any atom is 0.119 e. The van der Waals surface area contributed by atoms with Gasteiger partial charge in [0.25, 0.3) is 0 Å². The zero-order valence-electron chi connectivity index (χ0n) is 12.6. The van der Waals surface area contributed by atoms with Gasteiger partial charge in [0, 0.05) is 12.6 Å². The number of hydrogen-bond donors (Lipinski definition) is 1. The minimum Gasteiger partial charge on any atom is -0.494 e. The Bertz CT molecular complexity index is 348. The van der Waals surface area contributed by atoms with E-state index < -0.39 is 6.10 Å². The van der Waals surface area contributed by atoms with Gasteiger partial charge in [0.15, 0.2) is 0 Å². The molecule has 0 fully saturated rings. The van der Waals surface area contributed by atoms with Crippen LogP contribution in [-0.2, 0) is 0 Å². The highest BCUT2D eigenvalue weighted by molar-refractivity contribution is 5.28. The summed E-state index contributed by atoms with van der Waals surface area (Å²) in [4.78, 5) is 2.31. The highest BCUT2D eigenvalue weighted by Gasteiger charge is 2.15. The second-order valence-corrected chi connectivity index (χ2v) is 5.11. The van der Waals surface area contributed by atoms with Crippen LogP contribution in [0.25, 0.3) is 0 Å². The predicted octanol–water partition coefficient (Wildman–Crippen LogP) is 3.24. The zero-order valence-corrected chi connectivity index (χ0v) is 12.6. The van der Waals surface area contributed by atoms with Crippen molar-refractivity contribution in [1.29, 1.82) is 0 Å². The average Bonchev–Trinajstić information content (AvgIpc) is 2.39. The van der Waals surface area contributed by atoms with Crippen molar-refractivity contribution in [1.82, 2.24) is 4.90 Å². The quantitative estimate of drug-likeness (QED) is 0.783. The topological polar surface area (TPSA) is 32.7 Å². The van der Waals surface area contributed by atoms with Gasteiger partial charge >= 0.3 is 0 Å². The lowest BCUT2D eigenvalue weighted by molar-refractivity contribution is 0.0955. The van der Waals surface area contributed by atoms with Crippen molar-refractivity contribution in [2.75, 3.05) is 19.7 Å². The van der Waals surface area contributed by atoms with Gasteiger partial charge in [-0.15, -0.1) is 0 Å². The smallest absolute Gasteiger partial charge is 0.119 e. The molecule has 108 valence electrons. The summed E-state index contributed by atoms with van der Waals surface area (Å²) in [5, 5.41) is 10.3. The van der Waals surface area contributed by atoms with Gasteiger partial charge < -0.3 is 9.84 Å². The van der Waals surface area contributed by atoms with Crippen molar-refractivity contribution in [2.24, 2.45) is 0 Å². The largest absolute Gasteiger partial charge is 0.494 e. The van der Waals surface area contributed by atoms with Crippen LogP contribution in [0.2, 0.25) is 0 Å². The van der Waals surface area contributed by atoms with Gasteiger partial charge in [-0.05, 0) is 51.4 Å². The van der Waals surface area contributed by atoms with Gasteiger partial charge in [0.1, 0.15) is 5.75 Å². The predicted molar refractivity (Wildman–Crippen MR) is 79.6 cm³/mol. The van der Waals surface area contributed by atoms with E-state index in [4.69, 9.17) is 4.74 Å². The first-order valence-electron chi connectivity index (χ1n) is 7.23. The third-order valence-electron chi connectivity index (χ3n) is 3.22. The molecule has 1 atom stereocenters. The third kappa shape index (κ3) is 5.21. The number of aliphatic hydroxyl groups is 1. The van der Waals surface area contributed by atoms with Crippen LogP contribution in [0, 0.1) is 0 Å². The number of ether oxygens (including phenoxy) is 1. The molecule has 1 aromatic rings. The van der Waals surface area contributed by atoms with Gasteiger partial charge in [0.05, 0.1) is 12.7 Å². The summed E-state index contributed by atoms with van der Waals surface area (Å²) in [6, 6.07) is 8.18. The van der Waals surface area contributed by atoms with E-state index in [1.54, 1.807) is 0 Å². The first-order chi connectivity index (χ1) is 9.08. The molecule has 1 rings (SSSR count). The van der Waals surface area contributed by atoms with Crippen LogP contribution >= 0.6 is 0 Å². The Morgan fingerprint density at radius 2 is 1.79 bits per heavy atom. The highest BCUT2D eigenvalue weighted by Crippen LogP contribution is 2.19. The molecule has 0 radical (unpaired) electrons. The van der Waals surface area contributed by atoms with Crippen molar-refractivity contribution in [3.05, 3.63) is 29.8 Å². The summed E-state index contributed by atoms with van der Waals surface area (Å²) in [6.07, 6.45) is 0.665. The molecule has 0 aliphatic carbocycles. The molecular weight excluding hydrogens is 238 g/mol. The maximum atomic E-state index is 10.3. The molecule has 0 bridgehead atoms. The molecule has 1 unspecified atom stereocenters. The summed E-state index contributed by atoms with van der Waals surface area (Å²) in [5.41, 5.74) is 0.949. The Labute approximate surface area is 117 Å². The lowest BCUT2D eigenvalue weighted by atomic mass is 10.1. The molecular formula is C16H27NO2. The van der Waals surface area contributed by atoms with Crippen molar-refractivity contribution < 1.29 is 9.84 Å². The summed E-state index contributed by atoms with van der Waals surface area (Å²) in [7, 11) is 0. The van der Waals surface area contributed by atoms with E-state index in [0.29, 0.717) is 19.2 Å². The van der Waals surface area contributed by atoms with Gasteiger partial charge in [-0.25, -0.2) is 0 Å². The average molecular weight is 265 g/mol.